The molecule has 0 bridgehead atoms. The number of aliphatic hydroxyl groups excluding tert-OH is 2. The Balaban J connectivity index is 2.08. The van der Waals surface area contributed by atoms with Gasteiger partial charge in [-0.25, -0.2) is 13.1 Å². The Morgan fingerprint density at radius 2 is 1.71 bits per heavy atom. The van der Waals surface area contributed by atoms with Gasteiger partial charge in [0.2, 0.25) is 0 Å². The van der Waals surface area contributed by atoms with Gasteiger partial charge in [-0.2, -0.15) is 18.3 Å². The zero-order valence-electron chi connectivity index (χ0n) is 16.0. The molecule has 0 aliphatic carbocycles. The van der Waals surface area contributed by atoms with E-state index in [1.807, 2.05) is 0 Å². The highest BCUT2D eigenvalue weighted by molar-refractivity contribution is 7.91. The quantitative estimate of drug-likeness (QED) is 0.542. The molecule has 166 valence electrons. The summed E-state index contributed by atoms with van der Waals surface area (Å²) in [4.78, 5) is 0.00199. The summed E-state index contributed by atoms with van der Waals surface area (Å²) in [5.74, 6) is -0.241. The van der Waals surface area contributed by atoms with E-state index in [-0.39, 0.29) is 46.7 Å². The molecule has 0 aliphatic heterocycles. The fraction of sp³-hybridized carbons (Fsp3) is 0.250. The lowest BCUT2D eigenvalue weighted by Gasteiger charge is -2.10. The van der Waals surface area contributed by atoms with Gasteiger partial charge in [-0.1, -0.05) is 29.8 Å². The molecule has 11 heteroatoms. The maximum atomic E-state index is 13.3. The summed E-state index contributed by atoms with van der Waals surface area (Å²) in [6.45, 7) is -0.598. The second-order valence-electron chi connectivity index (χ2n) is 6.68. The van der Waals surface area contributed by atoms with E-state index < -0.39 is 21.7 Å². The molecule has 2 N–H and O–H groups in total. The van der Waals surface area contributed by atoms with E-state index in [9.17, 15) is 26.7 Å². The predicted octanol–water partition coefficient (Wildman–Crippen LogP) is 3.86. The maximum absolute atomic E-state index is 13.3. The van der Waals surface area contributed by atoms with E-state index in [1.165, 1.54) is 42.5 Å². The van der Waals surface area contributed by atoms with Crippen LogP contribution < -0.4 is 0 Å². The number of hydrogen-bond donors (Lipinski definition) is 2. The summed E-state index contributed by atoms with van der Waals surface area (Å²) in [6.07, 6.45) is -4.61. The van der Waals surface area contributed by atoms with Crippen molar-refractivity contribution in [2.24, 2.45) is 0 Å². The normalized spacial score (nSPS) is 12.3. The van der Waals surface area contributed by atoms with Crippen LogP contribution in [0.25, 0.3) is 16.9 Å². The molecule has 0 fully saturated rings. The third-order valence-electron chi connectivity index (χ3n) is 4.53. The van der Waals surface area contributed by atoms with Crippen LogP contribution in [0.4, 0.5) is 13.2 Å². The lowest BCUT2D eigenvalue weighted by Crippen LogP contribution is -2.08. The number of alkyl halides is 3. The summed E-state index contributed by atoms with van der Waals surface area (Å²) in [5, 5.41) is 21.9. The van der Waals surface area contributed by atoms with Crippen molar-refractivity contribution in [3.8, 4) is 16.9 Å². The van der Waals surface area contributed by atoms with Crippen molar-refractivity contribution in [3.05, 3.63) is 64.8 Å². The third kappa shape index (κ3) is 5.09. The number of nitrogens with zero attached hydrogens (tertiary/aromatic N) is 2. The highest BCUT2D eigenvalue weighted by Crippen LogP contribution is 2.34. The van der Waals surface area contributed by atoms with Crippen LogP contribution in [0, 0.1) is 0 Å². The number of aromatic nitrogens is 2. The van der Waals surface area contributed by atoms with Gasteiger partial charge in [0.15, 0.2) is 15.5 Å². The van der Waals surface area contributed by atoms with E-state index in [0.29, 0.717) is 11.1 Å². The van der Waals surface area contributed by atoms with Gasteiger partial charge in [0.05, 0.1) is 28.6 Å². The van der Waals surface area contributed by atoms with Gasteiger partial charge in [-0.15, -0.1) is 0 Å². The van der Waals surface area contributed by atoms with Crippen LogP contribution in [0.1, 0.15) is 17.7 Å². The molecule has 1 aromatic heterocycles. The Bertz CT molecular complexity index is 1180. The topological polar surface area (TPSA) is 92.4 Å². The van der Waals surface area contributed by atoms with Crippen molar-refractivity contribution in [3.63, 3.8) is 0 Å². The first kappa shape index (κ1) is 23.3. The summed E-state index contributed by atoms with van der Waals surface area (Å²) < 4.78 is 65.5. The molecule has 2 aromatic carbocycles. The molecule has 0 saturated heterocycles. The second-order valence-corrected chi connectivity index (χ2v) is 9.19. The summed E-state index contributed by atoms with van der Waals surface area (Å²) in [6, 6.07) is 10.6. The van der Waals surface area contributed by atoms with Gasteiger partial charge in [0.25, 0.3) is 0 Å². The molecule has 0 spiro atoms. The van der Waals surface area contributed by atoms with Gasteiger partial charge in [0, 0.05) is 17.2 Å². The molecule has 0 saturated carbocycles. The monoisotopic (exact) mass is 474 g/mol. The molecule has 3 aromatic rings. The van der Waals surface area contributed by atoms with E-state index >= 15 is 0 Å². The Morgan fingerprint density at radius 3 is 2.26 bits per heavy atom. The van der Waals surface area contributed by atoms with Crippen molar-refractivity contribution in [2.75, 3.05) is 12.4 Å². The first-order chi connectivity index (χ1) is 14.6. The average Bonchev–Trinajstić information content (AvgIpc) is 3.18. The molecule has 0 unspecified atom stereocenters. The van der Waals surface area contributed by atoms with Crippen molar-refractivity contribution < 1.29 is 31.8 Å². The predicted molar refractivity (Wildman–Crippen MR) is 109 cm³/mol. The second kappa shape index (κ2) is 8.99. The minimum atomic E-state index is -4.69. The Kier molecular flexibility index (Phi) is 6.75. The Morgan fingerprint density at radius 1 is 1.03 bits per heavy atom. The van der Waals surface area contributed by atoms with Crippen molar-refractivity contribution in [1.29, 1.82) is 0 Å². The Hall–Kier alpha value is -2.40. The zero-order chi connectivity index (χ0) is 22.8. The molecule has 1 heterocycles. The molecule has 0 aliphatic rings. The number of sulfone groups is 1. The van der Waals surface area contributed by atoms with Gasteiger partial charge >= 0.3 is 6.18 Å². The Labute approximate surface area is 181 Å². The number of hydrogen-bond acceptors (Lipinski definition) is 5. The van der Waals surface area contributed by atoms with Crippen molar-refractivity contribution >= 4 is 21.4 Å². The van der Waals surface area contributed by atoms with Gasteiger partial charge in [-0.3, -0.25) is 0 Å². The van der Waals surface area contributed by atoms with Crippen molar-refractivity contribution in [1.82, 2.24) is 9.78 Å². The number of aliphatic hydroxyl groups is 2. The molecule has 6 nitrogen and oxygen atoms in total. The summed E-state index contributed by atoms with van der Waals surface area (Å²) in [5.41, 5.74) is -0.0737. The molecule has 31 heavy (non-hydrogen) atoms. The summed E-state index contributed by atoms with van der Waals surface area (Å²) >= 11 is 6.08. The van der Waals surface area contributed by atoms with E-state index in [2.05, 4.69) is 5.10 Å². The van der Waals surface area contributed by atoms with Crippen LogP contribution in [0.15, 0.2) is 53.4 Å². The van der Waals surface area contributed by atoms with Crippen LogP contribution in [-0.4, -0.2) is 40.8 Å². The largest absolute Gasteiger partial charge is 0.435 e. The lowest BCUT2D eigenvalue weighted by molar-refractivity contribution is -0.141. The average molecular weight is 475 g/mol. The van der Waals surface area contributed by atoms with Gasteiger partial charge in [0.1, 0.15) is 0 Å². The molecule has 3 rings (SSSR count). The van der Waals surface area contributed by atoms with E-state index in [4.69, 9.17) is 16.7 Å². The van der Waals surface area contributed by atoms with Crippen LogP contribution in [0.3, 0.4) is 0 Å². The first-order valence-electron chi connectivity index (χ1n) is 9.08. The number of benzene rings is 2. The number of halogens is 4. The SMILES string of the molecule is O=S(=O)(CCCO)c1ccc(-c2cc(C(F)(F)F)nn2-c2ccc(CO)c(Cl)c2)cc1. The summed E-state index contributed by atoms with van der Waals surface area (Å²) in [7, 11) is -3.62. The maximum Gasteiger partial charge on any atom is 0.435 e. The van der Waals surface area contributed by atoms with E-state index in [1.54, 1.807) is 0 Å². The standard InChI is InChI=1S/C20H18ClF3N2O4S/c21-17-10-15(5-2-14(17)12-28)26-18(11-19(25-26)20(22,23)24)13-3-6-16(7-4-13)31(29,30)9-1-8-27/h2-7,10-11,27-28H,1,8-9,12H2. The molecule has 0 radical (unpaired) electrons. The fourth-order valence-electron chi connectivity index (χ4n) is 2.92. The molecular weight excluding hydrogens is 457 g/mol. The first-order valence-corrected chi connectivity index (χ1v) is 11.1. The van der Waals surface area contributed by atoms with E-state index in [0.717, 1.165) is 10.7 Å². The molecule has 0 atom stereocenters. The van der Waals surface area contributed by atoms with Crippen LogP contribution in [-0.2, 0) is 22.6 Å². The molecule has 0 amide bonds. The van der Waals surface area contributed by atoms with Gasteiger partial charge in [-0.05, 0) is 42.3 Å². The lowest BCUT2D eigenvalue weighted by atomic mass is 10.1. The van der Waals surface area contributed by atoms with Crippen LogP contribution in [0.5, 0.6) is 0 Å². The number of rotatable bonds is 7. The zero-order valence-corrected chi connectivity index (χ0v) is 17.5. The van der Waals surface area contributed by atoms with Crippen LogP contribution in [0.2, 0.25) is 5.02 Å². The minimum absolute atomic E-state index is 0.00199. The fourth-order valence-corrected chi connectivity index (χ4v) is 4.45. The van der Waals surface area contributed by atoms with Crippen LogP contribution >= 0.6 is 11.6 Å². The highest BCUT2D eigenvalue weighted by atomic mass is 35.5. The highest BCUT2D eigenvalue weighted by Gasteiger charge is 2.35. The minimum Gasteiger partial charge on any atom is -0.396 e. The molecular formula is C20H18ClF3N2O4S. The van der Waals surface area contributed by atoms with Gasteiger partial charge < -0.3 is 10.2 Å². The van der Waals surface area contributed by atoms with Crippen molar-refractivity contribution in [2.45, 2.75) is 24.1 Å². The smallest absolute Gasteiger partial charge is 0.396 e. The third-order valence-corrected chi connectivity index (χ3v) is 6.70.